The van der Waals surface area contributed by atoms with Crippen molar-refractivity contribution in [3.63, 3.8) is 0 Å². The lowest BCUT2D eigenvalue weighted by molar-refractivity contribution is 0.101. The minimum atomic E-state index is -2.92. The summed E-state index contributed by atoms with van der Waals surface area (Å²) in [6.45, 7) is 0. The van der Waals surface area contributed by atoms with Crippen molar-refractivity contribution in [2.45, 2.75) is 6.43 Å². The Balaban J connectivity index is 2.04. The molecular weight excluding hydrogens is 402 g/mol. The molecule has 0 saturated heterocycles. The first-order valence-electron chi connectivity index (χ1n) is 7.64. The number of benzene rings is 2. The fraction of sp³-hybridized carbons (Fsp3) is 0.111. The van der Waals surface area contributed by atoms with Gasteiger partial charge in [0.2, 0.25) is 0 Å². The highest BCUT2D eigenvalue weighted by atomic mass is 35.5. The zero-order valence-corrected chi connectivity index (χ0v) is 15.3. The summed E-state index contributed by atoms with van der Waals surface area (Å²) in [6.07, 6.45) is -1.75. The van der Waals surface area contributed by atoms with E-state index in [4.69, 9.17) is 23.2 Å². The average Bonchev–Trinajstić information content (AvgIpc) is 3.00. The van der Waals surface area contributed by atoms with Gasteiger partial charge in [-0.05, 0) is 29.8 Å². The molecule has 9 heteroatoms. The molecule has 0 spiro atoms. The summed E-state index contributed by atoms with van der Waals surface area (Å²) in [5.41, 5.74) is -0.0328. The van der Waals surface area contributed by atoms with Gasteiger partial charge in [-0.15, -0.1) is 0 Å². The Bertz CT molecular complexity index is 1000. The maximum atomic E-state index is 13.9. The number of aromatic nitrogens is 2. The van der Waals surface area contributed by atoms with E-state index in [2.05, 4.69) is 10.4 Å². The van der Waals surface area contributed by atoms with Crippen LogP contribution < -0.4 is 5.32 Å². The summed E-state index contributed by atoms with van der Waals surface area (Å²) in [5.74, 6) is -1.44. The number of carbonyl (C=O) groups excluding carboxylic acids is 1. The van der Waals surface area contributed by atoms with Crippen LogP contribution in [-0.2, 0) is 7.05 Å². The van der Waals surface area contributed by atoms with E-state index in [0.29, 0.717) is 10.6 Å². The van der Waals surface area contributed by atoms with Gasteiger partial charge in [0.05, 0.1) is 16.3 Å². The number of amides is 1. The lowest BCUT2D eigenvalue weighted by Crippen LogP contribution is -2.14. The molecule has 0 aliphatic rings. The molecule has 0 atom stereocenters. The van der Waals surface area contributed by atoms with E-state index < -0.39 is 23.8 Å². The highest BCUT2D eigenvalue weighted by Gasteiger charge is 2.24. The summed E-state index contributed by atoms with van der Waals surface area (Å²) < 4.78 is 41.2. The summed E-state index contributed by atoms with van der Waals surface area (Å²) in [5, 5.41) is 6.49. The van der Waals surface area contributed by atoms with Crippen molar-refractivity contribution in [2.24, 2.45) is 7.05 Å². The maximum Gasteiger partial charge on any atom is 0.282 e. The Morgan fingerprint density at radius 2 is 1.85 bits per heavy atom. The van der Waals surface area contributed by atoms with Crippen LogP contribution in [0.5, 0.6) is 0 Å². The van der Waals surface area contributed by atoms with E-state index in [-0.39, 0.29) is 21.8 Å². The Kier molecular flexibility index (Phi) is 5.43. The van der Waals surface area contributed by atoms with Gasteiger partial charge in [-0.1, -0.05) is 35.3 Å². The lowest BCUT2D eigenvalue weighted by Gasteiger charge is -2.14. The molecular formula is C18H12Cl2F3N3O. The van der Waals surface area contributed by atoms with Crippen molar-refractivity contribution in [3.8, 4) is 11.1 Å². The smallest absolute Gasteiger partial charge is 0.282 e. The number of hydrogen-bond acceptors (Lipinski definition) is 2. The van der Waals surface area contributed by atoms with Gasteiger partial charge in [-0.3, -0.25) is 9.48 Å². The minimum absolute atomic E-state index is 0.0733. The number of alkyl halides is 2. The number of aryl methyl sites for hydroxylation is 1. The number of rotatable bonds is 4. The number of hydrogen-bond donors (Lipinski definition) is 1. The molecule has 4 nitrogen and oxygen atoms in total. The molecule has 0 radical (unpaired) electrons. The van der Waals surface area contributed by atoms with Crippen LogP contribution in [0.25, 0.3) is 11.1 Å². The molecule has 0 unspecified atom stereocenters. The fourth-order valence-corrected chi connectivity index (χ4v) is 2.96. The summed E-state index contributed by atoms with van der Waals surface area (Å²) in [7, 11) is 1.42. The van der Waals surface area contributed by atoms with Crippen LogP contribution in [0.4, 0.5) is 18.9 Å². The van der Waals surface area contributed by atoms with Crippen molar-refractivity contribution in [1.82, 2.24) is 9.78 Å². The molecule has 0 bridgehead atoms. The van der Waals surface area contributed by atoms with Gasteiger partial charge in [0.1, 0.15) is 11.5 Å². The van der Waals surface area contributed by atoms with E-state index >= 15 is 0 Å². The van der Waals surface area contributed by atoms with E-state index in [1.165, 1.54) is 19.3 Å². The summed E-state index contributed by atoms with van der Waals surface area (Å²) in [6, 6.07) is 8.64. The molecule has 140 valence electrons. The quantitative estimate of drug-likeness (QED) is 0.594. The van der Waals surface area contributed by atoms with Gasteiger partial charge in [0.15, 0.2) is 0 Å². The van der Waals surface area contributed by atoms with Crippen LogP contribution in [0, 0.1) is 5.82 Å². The molecule has 3 rings (SSSR count). The van der Waals surface area contributed by atoms with E-state index in [0.717, 1.165) is 10.7 Å². The second kappa shape index (κ2) is 7.62. The number of nitrogens with zero attached hydrogens (tertiary/aromatic N) is 2. The summed E-state index contributed by atoms with van der Waals surface area (Å²) in [4.78, 5) is 12.6. The third-order valence-corrected chi connectivity index (χ3v) is 4.31. The van der Waals surface area contributed by atoms with E-state index in [1.807, 2.05) is 0 Å². The van der Waals surface area contributed by atoms with Crippen LogP contribution in [0.3, 0.4) is 0 Å². The number of halogens is 5. The average molecular weight is 414 g/mol. The van der Waals surface area contributed by atoms with Crippen molar-refractivity contribution in [3.05, 3.63) is 69.7 Å². The zero-order valence-electron chi connectivity index (χ0n) is 13.8. The molecule has 2 aromatic carbocycles. The molecule has 1 amide bonds. The molecule has 0 fully saturated rings. The topological polar surface area (TPSA) is 46.9 Å². The predicted molar refractivity (Wildman–Crippen MR) is 98.0 cm³/mol. The third kappa shape index (κ3) is 4.09. The van der Waals surface area contributed by atoms with Crippen molar-refractivity contribution >= 4 is 34.8 Å². The number of nitrogens with one attached hydrogen (secondary N) is 1. The second-order valence-corrected chi connectivity index (χ2v) is 6.52. The van der Waals surface area contributed by atoms with Gasteiger partial charge in [0, 0.05) is 23.8 Å². The summed E-state index contributed by atoms with van der Waals surface area (Å²) >= 11 is 12.0. The Hall–Kier alpha value is -2.51. The monoisotopic (exact) mass is 413 g/mol. The van der Waals surface area contributed by atoms with Crippen LogP contribution in [0.2, 0.25) is 10.0 Å². The second-order valence-electron chi connectivity index (χ2n) is 5.67. The first-order valence-corrected chi connectivity index (χ1v) is 8.40. The van der Waals surface area contributed by atoms with Gasteiger partial charge in [-0.25, -0.2) is 13.2 Å². The van der Waals surface area contributed by atoms with E-state index in [1.54, 1.807) is 24.3 Å². The van der Waals surface area contributed by atoms with Crippen LogP contribution >= 0.6 is 23.2 Å². The largest absolute Gasteiger partial charge is 0.320 e. The molecule has 1 heterocycles. The first kappa shape index (κ1) is 19.3. The van der Waals surface area contributed by atoms with Gasteiger partial charge in [-0.2, -0.15) is 5.10 Å². The third-order valence-electron chi connectivity index (χ3n) is 3.76. The van der Waals surface area contributed by atoms with Crippen molar-refractivity contribution in [2.75, 3.05) is 5.32 Å². The zero-order chi connectivity index (χ0) is 19.7. The SMILES string of the molecule is Cn1cc(C(=O)Nc2c(Cl)cc(F)cc2-c2ccc(Cl)cc2)c(C(F)F)n1. The minimum Gasteiger partial charge on any atom is -0.320 e. The van der Waals surface area contributed by atoms with Crippen LogP contribution in [-0.4, -0.2) is 15.7 Å². The predicted octanol–water partition coefficient (Wildman–Crippen LogP) is 5.72. The highest BCUT2D eigenvalue weighted by molar-refractivity contribution is 6.35. The number of anilines is 1. The van der Waals surface area contributed by atoms with Crippen molar-refractivity contribution < 1.29 is 18.0 Å². The number of carbonyl (C=O) groups is 1. The van der Waals surface area contributed by atoms with Crippen LogP contribution in [0.1, 0.15) is 22.5 Å². The Labute approximate surface area is 162 Å². The normalized spacial score (nSPS) is 11.1. The van der Waals surface area contributed by atoms with Crippen molar-refractivity contribution in [1.29, 1.82) is 0 Å². The van der Waals surface area contributed by atoms with Gasteiger partial charge in [0.25, 0.3) is 12.3 Å². The molecule has 0 saturated carbocycles. The standard InChI is InChI=1S/C18H12Cl2F3N3O/c1-26-8-13(16(25-26)17(22)23)18(27)24-15-12(6-11(21)7-14(15)20)9-2-4-10(19)5-3-9/h2-8,17H,1H3,(H,24,27). The maximum absolute atomic E-state index is 13.9. The molecule has 3 aromatic rings. The van der Waals surface area contributed by atoms with Crippen LogP contribution in [0.15, 0.2) is 42.6 Å². The van der Waals surface area contributed by atoms with Gasteiger partial charge >= 0.3 is 0 Å². The molecule has 0 aliphatic carbocycles. The Morgan fingerprint density at radius 1 is 1.19 bits per heavy atom. The molecule has 1 N–H and O–H groups in total. The lowest BCUT2D eigenvalue weighted by atomic mass is 10.0. The van der Waals surface area contributed by atoms with Gasteiger partial charge < -0.3 is 5.32 Å². The molecule has 0 aliphatic heterocycles. The molecule has 1 aromatic heterocycles. The fourth-order valence-electron chi connectivity index (χ4n) is 2.58. The molecule has 27 heavy (non-hydrogen) atoms. The first-order chi connectivity index (χ1) is 12.8. The highest BCUT2D eigenvalue weighted by Crippen LogP contribution is 2.36. The Morgan fingerprint density at radius 3 is 2.48 bits per heavy atom. The van der Waals surface area contributed by atoms with E-state index in [9.17, 15) is 18.0 Å².